The third kappa shape index (κ3) is 12.2. The van der Waals surface area contributed by atoms with E-state index in [4.69, 9.17) is 61.6 Å². The van der Waals surface area contributed by atoms with Crippen LogP contribution in [0.15, 0.2) is 0 Å². The standard InChI is InChI=1S/C37H62O39S3/c38-1-7-24-13(44)18(49)31(64-7)71-25-8(2-39)66-33(20(51)15(25)46)73-27-10(4-41)68-35(22(53)17(27)48)75-29-12(6-43)69-36(23(54)30(29)76-37(77(55,56)57,78(58,59)60)79(61,62)63)74-28-11(5-42)67-34(21(52)16(28)47)72-26-9(3-40)65-32(70-24)19(50)14(26)45/h7-36,38-54H,1-6H2,(H,55,56,57)(H,58,59,60)(H,61,62,63)/t7-,8-,9-,10-,11-,12-,13-,14-,15-,16-,17-,18-,19-,20-,21-,22-,23-,24-,25-,26-,27-,28-,29+,30-,31-,32-,33-,34-,35-,36-/m1/s1. The van der Waals surface area contributed by atoms with Gasteiger partial charge in [-0.15, -0.1) is 0 Å². The van der Waals surface area contributed by atoms with Crippen LogP contribution in [-0.4, -0.2) is 353 Å². The van der Waals surface area contributed by atoms with Crippen molar-refractivity contribution < 1.29 is 187 Å². The summed E-state index contributed by atoms with van der Waals surface area (Å²) in [6.45, 7) is -7.63. The normalized spacial score (nSPS) is 49.1. The second-order valence-electron chi connectivity index (χ2n) is 18.9. The highest BCUT2D eigenvalue weighted by atomic mass is 32.3. The molecule has 79 heavy (non-hydrogen) atoms. The van der Waals surface area contributed by atoms with Crippen molar-refractivity contribution in [2.45, 2.75) is 188 Å². The van der Waals surface area contributed by atoms with Crippen molar-refractivity contribution in [3.8, 4) is 0 Å². The van der Waals surface area contributed by atoms with E-state index in [2.05, 4.69) is 0 Å². The maximum absolute atomic E-state index is 12.7. The Morgan fingerprint density at radius 3 is 0.646 bits per heavy atom. The summed E-state index contributed by atoms with van der Waals surface area (Å²) in [7, 11) is -21.4. The molecule has 0 unspecified atom stereocenters. The summed E-state index contributed by atoms with van der Waals surface area (Å²) in [5, 5.41) is 187. The summed E-state index contributed by atoms with van der Waals surface area (Å²) < 4.78 is 172. The topological polar surface area (TPSA) is 627 Å². The van der Waals surface area contributed by atoms with Crippen molar-refractivity contribution in [2.24, 2.45) is 0 Å². The van der Waals surface area contributed by atoms with Crippen molar-refractivity contribution in [3.05, 3.63) is 0 Å². The molecule has 22 rings (SSSR count). The van der Waals surface area contributed by atoms with Gasteiger partial charge in [-0.2, -0.15) is 25.3 Å². The lowest BCUT2D eigenvalue weighted by Gasteiger charge is -2.51. The molecule has 22 saturated heterocycles. The number of ether oxygens (including phenoxy) is 13. The van der Waals surface area contributed by atoms with Gasteiger partial charge in [-0.05, 0) is 0 Å². The van der Waals surface area contributed by atoms with Crippen LogP contribution in [0.25, 0.3) is 0 Å². The minimum atomic E-state index is -7.13. The lowest BCUT2D eigenvalue weighted by Crippen LogP contribution is -2.70. The van der Waals surface area contributed by atoms with Crippen molar-refractivity contribution >= 4 is 30.4 Å². The summed E-state index contributed by atoms with van der Waals surface area (Å²) in [5.74, 6) is 0. The molecule has 22 aliphatic heterocycles. The van der Waals surface area contributed by atoms with Crippen LogP contribution in [0.3, 0.4) is 0 Å². The SMILES string of the molecule is O=S(=O)(O)C(O[C@@H]1[C@@H](O)[C@H]2O[C@H]3[C@H](O)[C@@H](O)[C@@H](O[C@H]4[C@H](O)[C@@H](O)[C@@H](O[C@H]5[C@H](O)[C@@H](O)[C@@H](O[C@H]6[C@H](O)[C@@H](O)[C@@H](O[C@H]7[C@H](O)[C@@H](O)[C@@H](O[C@H]1[C@@H](CO)O2)O[C@@H]7CO)O[C@@H]6CO)O[C@@H]5CO)O[C@@H]4CO)O[C@@H]3CO)(S(=O)(=O)O)S(=O)(=O)O. The number of hydrogen-bond acceptors (Lipinski definition) is 36. The first-order valence-electron chi connectivity index (χ1n) is 23.4. The van der Waals surface area contributed by atoms with E-state index in [1.807, 2.05) is 0 Å². The smallest absolute Gasteiger partial charge is 0.394 e. The van der Waals surface area contributed by atoms with Gasteiger partial charge in [-0.3, -0.25) is 13.7 Å². The summed E-state index contributed by atoms with van der Waals surface area (Å²) in [5.41, 5.74) is 0. The largest absolute Gasteiger partial charge is 0.447 e. The predicted molar refractivity (Wildman–Crippen MR) is 232 cm³/mol. The van der Waals surface area contributed by atoms with Gasteiger partial charge in [0.1, 0.15) is 146 Å². The number of hydrogen-bond donors (Lipinski definition) is 20. The molecule has 0 spiro atoms. The highest BCUT2D eigenvalue weighted by Gasteiger charge is 2.71. The lowest BCUT2D eigenvalue weighted by molar-refractivity contribution is -0.405. The number of aliphatic hydroxyl groups is 17. The molecular formula is C37H62O39S3. The Balaban J connectivity index is 1.30. The van der Waals surface area contributed by atoms with Gasteiger partial charge in [0.15, 0.2) is 37.7 Å². The maximum atomic E-state index is 12.7. The third-order valence-corrected chi connectivity index (χ3v) is 19.8. The highest BCUT2D eigenvalue weighted by molar-refractivity contribution is 8.20. The van der Waals surface area contributed by atoms with E-state index < -0.39 is 258 Å². The minimum Gasteiger partial charge on any atom is -0.394 e. The molecule has 0 aromatic heterocycles. The third-order valence-electron chi connectivity index (χ3n) is 13.9. The molecule has 20 N–H and O–H groups in total. The van der Waals surface area contributed by atoms with E-state index >= 15 is 0 Å². The molecule has 22 fully saturated rings. The lowest BCUT2D eigenvalue weighted by atomic mass is 9.94. The fourth-order valence-corrected chi connectivity index (χ4v) is 13.7. The van der Waals surface area contributed by atoms with Crippen LogP contribution in [0.4, 0.5) is 0 Å². The Morgan fingerprint density at radius 1 is 0.278 bits per heavy atom. The molecular weight excluding hydrogens is 1160 g/mol. The Kier molecular flexibility index (Phi) is 20.8. The van der Waals surface area contributed by atoms with Gasteiger partial charge in [0.25, 0.3) is 0 Å². The Hall–Kier alpha value is -1.47. The van der Waals surface area contributed by atoms with Crippen LogP contribution in [0.2, 0.25) is 0 Å². The summed E-state index contributed by atoms with van der Waals surface area (Å²) >= 11 is 0. The van der Waals surface area contributed by atoms with Gasteiger partial charge in [-0.1, -0.05) is 0 Å². The monoisotopic (exact) mass is 1230 g/mol. The summed E-state index contributed by atoms with van der Waals surface area (Å²) in [6.07, 6.45) is -70.0. The van der Waals surface area contributed by atoms with Crippen LogP contribution in [0, 0.1) is 0 Å². The molecule has 12 bridgehead atoms. The first kappa shape index (κ1) is 65.1. The molecule has 22 heterocycles. The van der Waals surface area contributed by atoms with Gasteiger partial charge in [0.2, 0.25) is 0 Å². The molecule has 0 amide bonds. The van der Waals surface area contributed by atoms with E-state index in [-0.39, 0.29) is 0 Å². The first-order chi connectivity index (χ1) is 36.9. The fraction of sp³-hybridized carbons (Fsp3) is 1.00. The van der Waals surface area contributed by atoms with Crippen molar-refractivity contribution in [2.75, 3.05) is 39.6 Å². The van der Waals surface area contributed by atoms with Gasteiger partial charge >= 0.3 is 34.0 Å². The second-order valence-corrected chi connectivity index (χ2v) is 24.2. The molecule has 0 radical (unpaired) electrons. The molecule has 0 saturated carbocycles. The van der Waals surface area contributed by atoms with Crippen molar-refractivity contribution in [1.29, 1.82) is 0 Å². The van der Waals surface area contributed by atoms with Gasteiger partial charge in [0, 0.05) is 0 Å². The molecule has 462 valence electrons. The maximum Gasteiger partial charge on any atom is 0.447 e. The highest BCUT2D eigenvalue weighted by Crippen LogP contribution is 2.42. The van der Waals surface area contributed by atoms with Crippen LogP contribution < -0.4 is 0 Å². The Morgan fingerprint density at radius 2 is 0.456 bits per heavy atom. The minimum absolute atomic E-state index is 1.09. The molecule has 30 atom stereocenters. The Bertz CT molecular complexity index is 2260. The number of rotatable bonds is 11. The van der Waals surface area contributed by atoms with E-state index in [9.17, 15) is 126 Å². The van der Waals surface area contributed by atoms with E-state index in [0.29, 0.717) is 0 Å². The summed E-state index contributed by atoms with van der Waals surface area (Å²) in [6, 6.07) is 0. The van der Waals surface area contributed by atoms with Crippen LogP contribution in [0.1, 0.15) is 0 Å². The van der Waals surface area contributed by atoms with E-state index in [1.165, 1.54) is 0 Å². The zero-order valence-corrected chi connectivity index (χ0v) is 42.4. The number of aliphatic hydroxyl groups excluding tert-OH is 17. The first-order valence-corrected chi connectivity index (χ1v) is 27.8. The molecule has 42 heteroatoms. The van der Waals surface area contributed by atoms with Gasteiger partial charge in [-0.25, -0.2) is 0 Å². The second kappa shape index (κ2) is 25.2. The average Bonchev–Trinajstić information content (AvgIpc) is 2.86. The zero-order valence-electron chi connectivity index (χ0n) is 40.0. The van der Waals surface area contributed by atoms with E-state index in [0.717, 1.165) is 0 Å². The average molecular weight is 1230 g/mol. The molecule has 39 nitrogen and oxygen atoms in total. The van der Waals surface area contributed by atoms with Gasteiger partial charge in [0.05, 0.1) is 39.6 Å². The quantitative estimate of drug-likeness (QED) is 0.0854. The van der Waals surface area contributed by atoms with Gasteiger partial charge < -0.3 is 148 Å². The fourth-order valence-electron chi connectivity index (χ4n) is 9.80. The van der Waals surface area contributed by atoms with Crippen LogP contribution in [-0.2, 0) is 91.9 Å². The van der Waals surface area contributed by atoms with Crippen LogP contribution >= 0.6 is 0 Å². The zero-order chi connectivity index (χ0) is 58.8. The van der Waals surface area contributed by atoms with E-state index in [1.54, 1.807) is 0 Å². The molecule has 22 aliphatic rings. The van der Waals surface area contributed by atoms with Crippen molar-refractivity contribution in [1.82, 2.24) is 0 Å². The van der Waals surface area contributed by atoms with Crippen LogP contribution in [0.5, 0.6) is 0 Å². The molecule has 0 aliphatic carbocycles. The Labute approximate surface area is 444 Å². The predicted octanol–water partition coefficient (Wildman–Crippen LogP) is -14.8. The van der Waals surface area contributed by atoms with Crippen molar-refractivity contribution in [3.63, 3.8) is 0 Å². The molecule has 0 aromatic rings. The molecule has 0 aromatic carbocycles. The summed E-state index contributed by atoms with van der Waals surface area (Å²) in [4.78, 5) is 0.